The summed E-state index contributed by atoms with van der Waals surface area (Å²) in [4.78, 5) is 12.4. The summed E-state index contributed by atoms with van der Waals surface area (Å²) < 4.78 is 22.6. The molecule has 1 aromatic rings. The highest BCUT2D eigenvalue weighted by atomic mass is 35.5. The number of carbonyl (C=O) groups is 1. The molecular weight excluding hydrogens is 370 g/mol. The molecule has 0 saturated carbocycles. The number of hydrogen-bond acceptors (Lipinski definition) is 5. The number of hydrogen-bond donors (Lipinski definition) is 1. The largest absolute Gasteiger partial charge is 0.497 e. The smallest absolute Gasteiger partial charge is 0.407 e. The van der Waals surface area contributed by atoms with Gasteiger partial charge in [-0.1, -0.05) is 12.1 Å². The molecule has 0 unspecified atom stereocenters. The molecular formula is C20H30ClNO5. The summed E-state index contributed by atoms with van der Waals surface area (Å²) in [6.45, 7) is 9.15. The minimum atomic E-state index is -0.766. The minimum Gasteiger partial charge on any atom is -0.497 e. The Labute approximate surface area is 166 Å². The summed E-state index contributed by atoms with van der Waals surface area (Å²) in [5.41, 5.74) is 0.436. The molecule has 0 aromatic heterocycles. The zero-order valence-electron chi connectivity index (χ0n) is 16.9. The molecule has 0 radical (unpaired) electrons. The maximum absolute atomic E-state index is 12.4. The summed E-state index contributed by atoms with van der Waals surface area (Å²) >= 11 is 6.09. The van der Waals surface area contributed by atoms with Crippen molar-refractivity contribution in [1.29, 1.82) is 0 Å². The number of rotatable bonds is 6. The van der Waals surface area contributed by atoms with Crippen LogP contribution in [0.3, 0.4) is 0 Å². The van der Waals surface area contributed by atoms with Crippen molar-refractivity contribution in [1.82, 2.24) is 5.32 Å². The Morgan fingerprint density at radius 1 is 1.26 bits per heavy atom. The van der Waals surface area contributed by atoms with Gasteiger partial charge >= 0.3 is 6.09 Å². The van der Waals surface area contributed by atoms with Crippen LogP contribution in [0.25, 0.3) is 0 Å². The lowest BCUT2D eigenvalue weighted by Gasteiger charge is -2.29. The van der Waals surface area contributed by atoms with Crippen LogP contribution >= 0.6 is 11.6 Å². The molecule has 1 fully saturated rings. The van der Waals surface area contributed by atoms with Crippen LogP contribution < -0.4 is 10.1 Å². The summed E-state index contributed by atoms with van der Waals surface area (Å²) in [5.74, 6) is 0.275. The van der Waals surface area contributed by atoms with Crippen molar-refractivity contribution in [2.75, 3.05) is 13.0 Å². The maximum Gasteiger partial charge on any atom is 0.407 e. The van der Waals surface area contributed by atoms with Crippen LogP contribution in [0.15, 0.2) is 24.3 Å². The van der Waals surface area contributed by atoms with Gasteiger partial charge in [-0.25, -0.2) is 4.79 Å². The molecule has 1 aliphatic rings. The molecule has 0 aliphatic carbocycles. The van der Waals surface area contributed by atoms with E-state index in [0.717, 1.165) is 11.3 Å². The van der Waals surface area contributed by atoms with E-state index in [-0.39, 0.29) is 18.0 Å². The van der Waals surface area contributed by atoms with Crippen LogP contribution in [0.1, 0.15) is 40.2 Å². The van der Waals surface area contributed by atoms with Gasteiger partial charge < -0.3 is 24.3 Å². The molecule has 2 rings (SSSR count). The van der Waals surface area contributed by atoms with E-state index < -0.39 is 23.6 Å². The highest BCUT2D eigenvalue weighted by molar-refractivity contribution is 6.18. The van der Waals surface area contributed by atoms with E-state index in [1.807, 2.05) is 58.9 Å². The van der Waals surface area contributed by atoms with Crippen LogP contribution in [0.2, 0.25) is 0 Å². The number of nitrogens with one attached hydrogen (secondary N) is 1. The zero-order chi connectivity index (χ0) is 20.2. The van der Waals surface area contributed by atoms with E-state index in [9.17, 15) is 4.79 Å². The SMILES string of the molecule is COc1ccc(C[C@@H](NC(=O)OC(C)(C)C)[C@@H]2OC(C)(C)O[C@H]2CCl)cc1. The Morgan fingerprint density at radius 2 is 1.89 bits per heavy atom. The van der Waals surface area contributed by atoms with E-state index >= 15 is 0 Å². The molecule has 1 aromatic carbocycles. The first-order valence-corrected chi connectivity index (χ1v) is 9.60. The van der Waals surface area contributed by atoms with Crippen LogP contribution in [0.4, 0.5) is 4.79 Å². The van der Waals surface area contributed by atoms with Gasteiger partial charge in [-0.15, -0.1) is 11.6 Å². The summed E-state index contributed by atoms with van der Waals surface area (Å²) in [6.07, 6.45) is -0.685. The normalized spacial score (nSPS) is 22.9. The first-order valence-electron chi connectivity index (χ1n) is 9.07. The first-order chi connectivity index (χ1) is 12.5. The van der Waals surface area contributed by atoms with E-state index in [2.05, 4.69) is 5.32 Å². The number of amides is 1. The van der Waals surface area contributed by atoms with Gasteiger partial charge in [0.15, 0.2) is 5.79 Å². The van der Waals surface area contributed by atoms with Crippen molar-refractivity contribution in [2.45, 2.75) is 70.7 Å². The summed E-state index contributed by atoms with van der Waals surface area (Å²) in [7, 11) is 1.62. The lowest BCUT2D eigenvalue weighted by atomic mass is 9.98. The van der Waals surface area contributed by atoms with Gasteiger partial charge in [-0.3, -0.25) is 0 Å². The Kier molecular flexibility index (Phi) is 7.00. The van der Waals surface area contributed by atoms with Crippen molar-refractivity contribution in [3.05, 3.63) is 29.8 Å². The predicted molar refractivity (Wildman–Crippen MR) is 104 cm³/mol. The van der Waals surface area contributed by atoms with E-state index in [1.165, 1.54) is 0 Å². The number of halogens is 1. The number of benzene rings is 1. The average Bonchev–Trinajstić information content (AvgIpc) is 2.88. The third-order valence-corrected chi connectivity index (χ3v) is 4.39. The number of alkyl carbamates (subject to hydrolysis) is 1. The van der Waals surface area contributed by atoms with E-state index in [0.29, 0.717) is 6.42 Å². The fourth-order valence-corrected chi connectivity index (χ4v) is 3.29. The van der Waals surface area contributed by atoms with E-state index in [4.69, 9.17) is 30.5 Å². The van der Waals surface area contributed by atoms with Gasteiger partial charge in [-0.05, 0) is 58.7 Å². The maximum atomic E-state index is 12.4. The molecule has 7 heteroatoms. The Bertz CT molecular complexity index is 626. The predicted octanol–water partition coefficient (Wildman–Crippen LogP) is 3.89. The second-order valence-corrected chi connectivity index (χ2v) is 8.41. The molecule has 152 valence electrons. The minimum absolute atomic E-state index is 0.267. The van der Waals surface area contributed by atoms with Crippen LogP contribution in [0, 0.1) is 0 Å². The Morgan fingerprint density at radius 3 is 2.41 bits per heavy atom. The van der Waals surface area contributed by atoms with Crippen molar-refractivity contribution < 1.29 is 23.7 Å². The average molecular weight is 400 g/mol. The van der Waals surface area contributed by atoms with Crippen LogP contribution in [-0.2, 0) is 20.6 Å². The van der Waals surface area contributed by atoms with Gasteiger partial charge in [0, 0.05) is 0 Å². The van der Waals surface area contributed by atoms with Crippen LogP contribution in [0.5, 0.6) is 5.75 Å². The zero-order valence-corrected chi connectivity index (χ0v) is 17.6. The monoisotopic (exact) mass is 399 g/mol. The standard InChI is InChI=1S/C20H30ClNO5/c1-19(2,3)27-18(23)22-15(11-13-7-9-14(24-6)10-8-13)17-16(12-21)25-20(4,5)26-17/h7-10,15-17H,11-12H2,1-6H3,(H,22,23)/t15-,16+,17+/m1/s1. The van der Waals surface area contributed by atoms with Gasteiger partial charge in [0.25, 0.3) is 0 Å². The lowest BCUT2D eigenvalue weighted by molar-refractivity contribution is -0.147. The molecule has 3 atom stereocenters. The summed E-state index contributed by atoms with van der Waals surface area (Å²) in [6, 6.07) is 7.32. The quantitative estimate of drug-likeness (QED) is 0.735. The third kappa shape index (κ3) is 6.55. The van der Waals surface area contributed by atoms with Crippen LogP contribution in [-0.4, -0.2) is 48.7 Å². The Hall–Kier alpha value is -1.50. The first kappa shape index (κ1) is 21.8. The second kappa shape index (κ2) is 8.67. The second-order valence-electron chi connectivity index (χ2n) is 8.10. The third-order valence-electron chi connectivity index (χ3n) is 4.09. The molecule has 6 nitrogen and oxygen atoms in total. The fraction of sp³-hybridized carbons (Fsp3) is 0.650. The molecule has 1 saturated heterocycles. The topological polar surface area (TPSA) is 66.0 Å². The van der Waals surface area contributed by atoms with Gasteiger partial charge in [0.2, 0.25) is 0 Å². The van der Waals surface area contributed by atoms with Crippen molar-refractivity contribution in [3.63, 3.8) is 0 Å². The van der Waals surface area contributed by atoms with Crippen molar-refractivity contribution in [3.8, 4) is 5.75 Å². The Balaban J connectivity index is 2.20. The highest BCUT2D eigenvalue weighted by Crippen LogP contribution is 2.32. The molecule has 27 heavy (non-hydrogen) atoms. The fourth-order valence-electron chi connectivity index (χ4n) is 3.05. The number of carbonyl (C=O) groups excluding carboxylic acids is 1. The van der Waals surface area contributed by atoms with Crippen molar-refractivity contribution >= 4 is 17.7 Å². The molecule has 1 N–H and O–H groups in total. The lowest BCUT2D eigenvalue weighted by Crippen LogP contribution is -2.50. The molecule has 1 heterocycles. The number of alkyl halides is 1. The molecule has 0 bridgehead atoms. The number of ether oxygens (including phenoxy) is 4. The summed E-state index contributed by atoms with van der Waals surface area (Å²) in [5, 5.41) is 2.94. The highest BCUT2D eigenvalue weighted by Gasteiger charge is 2.45. The molecule has 0 spiro atoms. The van der Waals surface area contributed by atoms with Gasteiger partial charge in [0.1, 0.15) is 23.6 Å². The molecule has 1 amide bonds. The number of methoxy groups -OCH3 is 1. The van der Waals surface area contributed by atoms with E-state index in [1.54, 1.807) is 7.11 Å². The molecule has 1 aliphatic heterocycles. The van der Waals surface area contributed by atoms with Gasteiger partial charge in [0.05, 0.1) is 19.0 Å². The van der Waals surface area contributed by atoms with Crippen molar-refractivity contribution in [2.24, 2.45) is 0 Å². The van der Waals surface area contributed by atoms with Gasteiger partial charge in [-0.2, -0.15) is 0 Å².